The molecule has 1 aliphatic rings. The molecule has 15 heavy (non-hydrogen) atoms. The van der Waals surface area contributed by atoms with Crippen molar-refractivity contribution in [3.8, 4) is 11.5 Å². The van der Waals surface area contributed by atoms with E-state index in [9.17, 15) is 12.9 Å². The molecule has 0 amide bonds. The first-order valence-corrected chi connectivity index (χ1v) is 4.64. The minimum absolute atomic E-state index is 0.0434. The van der Waals surface area contributed by atoms with Gasteiger partial charge >= 0.3 is 6.98 Å². The van der Waals surface area contributed by atoms with E-state index in [1.807, 2.05) is 0 Å². The number of halogens is 3. The van der Waals surface area contributed by atoms with Crippen LogP contribution in [0.3, 0.4) is 0 Å². The van der Waals surface area contributed by atoms with Gasteiger partial charge in [-0.3, -0.25) is 0 Å². The lowest BCUT2D eigenvalue weighted by Crippen LogP contribution is -2.35. The predicted molar refractivity (Wildman–Crippen MR) is 50.2 cm³/mol. The van der Waals surface area contributed by atoms with E-state index in [-0.39, 0.29) is 6.61 Å². The summed E-state index contributed by atoms with van der Waals surface area (Å²) in [4.78, 5) is 0. The number of fused-ring (bicyclic) bond motifs is 1. The average molecular weight is 217 g/mol. The van der Waals surface area contributed by atoms with Crippen molar-refractivity contribution >= 4 is 6.98 Å². The molecule has 0 aliphatic carbocycles. The molecular weight excluding hydrogens is 208 g/mol. The van der Waals surface area contributed by atoms with Crippen molar-refractivity contribution < 1.29 is 22.4 Å². The van der Waals surface area contributed by atoms with E-state index in [2.05, 4.69) is 0 Å². The second kappa shape index (κ2) is 3.68. The van der Waals surface area contributed by atoms with E-state index in [0.717, 1.165) is 0 Å². The molecule has 1 atom stereocenters. The van der Waals surface area contributed by atoms with E-state index in [1.54, 1.807) is 24.3 Å². The highest BCUT2D eigenvalue weighted by molar-refractivity contribution is 6.58. The van der Waals surface area contributed by atoms with Gasteiger partial charge in [0.05, 0.1) is 0 Å². The Morgan fingerprint density at radius 1 is 1.20 bits per heavy atom. The Morgan fingerprint density at radius 3 is 2.53 bits per heavy atom. The smallest absolute Gasteiger partial charge is 0.482 e. The van der Waals surface area contributed by atoms with Gasteiger partial charge < -0.3 is 22.4 Å². The summed E-state index contributed by atoms with van der Waals surface area (Å²) in [6.07, 6.45) is -1.84. The van der Waals surface area contributed by atoms with Crippen molar-refractivity contribution in [2.24, 2.45) is 0 Å². The number of ether oxygens (including phenoxy) is 2. The number of hydrogen-bond donors (Lipinski definition) is 0. The molecule has 2 nitrogen and oxygen atoms in total. The fourth-order valence-corrected chi connectivity index (χ4v) is 1.48. The SMILES string of the molecule is F[B-](F)(F)C[C@@H]1COc2ccccc2O1. The molecule has 0 aromatic heterocycles. The quantitative estimate of drug-likeness (QED) is 0.709. The zero-order chi connectivity index (χ0) is 10.9. The van der Waals surface area contributed by atoms with Crippen molar-refractivity contribution in [3.63, 3.8) is 0 Å². The van der Waals surface area contributed by atoms with Gasteiger partial charge in [-0.1, -0.05) is 12.1 Å². The Labute approximate surface area is 85.1 Å². The zero-order valence-corrected chi connectivity index (χ0v) is 7.83. The van der Waals surface area contributed by atoms with Gasteiger partial charge in [-0.2, -0.15) is 0 Å². The summed E-state index contributed by atoms with van der Waals surface area (Å²) in [7, 11) is 0. The van der Waals surface area contributed by atoms with Gasteiger partial charge in [-0.05, 0) is 18.5 Å². The van der Waals surface area contributed by atoms with Crippen LogP contribution < -0.4 is 9.47 Å². The Hall–Kier alpha value is -1.33. The highest BCUT2D eigenvalue weighted by Crippen LogP contribution is 2.33. The second-order valence-corrected chi connectivity index (χ2v) is 3.44. The van der Waals surface area contributed by atoms with Crippen LogP contribution in [0.2, 0.25) is 6.32 Å². The van der Waals surface area contributed by atoms with Crippen LogP contribution >= 0.6 is 0 Å². The maximum Gasteiger partial charge on any atom is 0.482 e. The van der Waals surface area contributed by atoms with Crippen molar-refractivity contribution in [1.29, 1.82) is 0 Å². The summed E-state index contributed by atoms with van der Waals surface area (Å²) in [5, 5.41) is 0. The van der Waals surface area contributed by atoms with Crippen LogP contribution in [-0.2, 0) is 0 Å². The predicted octanol–water partition coefficient (Wildman–Crippen LogP) is 2.67. The van der Waals surface area contributed by atoms with E-state index in [1.165, 1.54) is 0 Å². The van der Waals surface area contributed by atoms with Gasteiger partial charge in [0.2, 0.25) is 0 Å². The van der Waals surface area contributed by atoms with Gasteiger partial charge in [-0.15, -0.1) is 0 Å². The van der Waals surface area contributed by atoms with Gasteiger partial charge in [0.25, 0.3) is 0 Å². The monoisotopic (exact) mass is 217 g/mol. The third-order valence-corrected chi connectivity index (χ3v) is 2.10. The molecule has 6 heteroatoms. The molecule has 0 radical (unpaired) electrons. The first-order chi connectivity index (χ1) is 7.04. The third-order valence-electron chi connectivity index (χ3n) is 2.10. The summed E-state index contributed by atoms with van der Waals surface area (Å²) in [5.74, 6) is 0.886. The summed E-state index contributed by atoms with van der Waals surface area (Å²) < 4.78 is 46.8. The molecular formula is C9H9BF3O2-. The fourth-order valence-electron chi connectivity index (χ4n) is 1.48. The molecule has 0 spiro atoms. The number of para-hydroxylation sites is 2. The molecule has 0 saturated carbocycles. The molecule has 0 fully saturated rings. The molecule has 1 aromatic carbocycles. The zero-order valence-electron chi connectivity index (χ0n) is 7.83. The topological polar surface area (TPSA) is 18.5 Å². The number of benzene rings is 1. The molecule has 1 heterocycles. The minimum Gasteiger partial charge on any atom is -0.486 e. The van der Waals surface area contributed by atoms with Crippen molar-refractivity contribution in [3.05, 3.63) is 24.3 Å². The molecule has 0 N–H and O–H groups in total. The Kier molecular flexibility index (Phi) is 2.50. The van der Waals surface area contributed by atoms with Crippen LogP contribution in [0, 0.1) is 0 Å². The lowest BCUT2D eigenvalue weighted by atomic mass is 9.83. The largest absolute Gasteiger partial charge is 0.486 e. The second-order valence-electron chi connectivity index (χ2n) is 3.44. The van der Waals surface area contributed by atoms with Crippen LogP contribution in [0.1, 0.15) is 0 Å². The van der Waals surface area contributed by atoms with E-state index >= 15 is 0 Å². The summed E-state index contributed by atoms with van der Waals surface area (Å²) >= 11 is 0. The normalized spacial score (nSPS) is 20.1. The van der Waals surface area contributed by atoms with Crippen LogP contribution in [0.15, 0.2) is 24.3 Å². The fraction of sp³-hybridized carbons (Fsp3) is 0.333. The van der Waals surface area contributed by atoms with E-state index in [0.29, 0.717) is 11.5 Å². The van der Waals surface area contributed by atoms with Gasteiger partial charge in [0.15, 0.2) is 11.5 Å². The first-order valence-electron chi connectivity index (χ1n) is 4.64. The summed E-state index contributed by atoms with van der Waals surface area (Å²) in [5.41, 5.74) is 0. The van der Waals surface area contributed by atoms with E-state index in [4.69, 9.17) is 9.47 Å². The lowest BCUT2D eigenvalue weighted by molar-refractivity contribution is 0.0981. The molecule has 1 aromatic rings. The van der Waals surface area contributed by atoms with Crippen molar-refractivity contribution in [1.82, 2.24) is 0 Å². The molecule has 0 unspecified atom stereocenters. The van der Waals surface area contributed by atoms with Gasteiger partial charge in [0, 0.05) is 0 Å². The molecule has 1 aliphatic heterocycles. The average Bonchev–Trinajstić information content (AvgIpc) is 2.15. The van der Waals surface area contributed by atoms with Gasteiger partial charge in [0.1, 0.15) is 12.7 Å². The van der Waals surface area contributed by atoms with Crippen LogP contribution in [0.25, 0.3) is 0 Å². The maximum atomic E-state index is 12.1. The Bertz CT molecular complexity index is 353. The van der Waals surface area contributed by atoms with Crippen molar-refractivity contribution in [2.45, 2.75) is 12.4 Å². The molecule has 2 rings (SSSR count). The van der Waals surface area contributed by atoms with Crippen molar-refractivity contribution in [2.75, 3.05) is 6.61 Å². The summed E-state index contributed by atoms with van der Waals surface area (Å²) in [6.45, 7) is -4.87. The minimum atomic E-state index is -4.83. The highest BCUT2D eigenvalue weighted by Gasteiger charge is 2.31. The first kappa shape index (κ1) is 10.2. The van der Waals surface area contributed by atoms with Crippen LogP contribution in [0.4, 0.5) is 12.9 Å². The summed E-state index contributed by atoms with van der Waals surface area (Å²) in [6, 6.07) is 6.72. The Morgan fingerprint density at radius 2 is 1.87 bits per heavy atom. The lowest BCUT2D eigenvalue weighted by Gasteiger charge is -2.29. The van der Waals surface area contributed by atoms with E-state index < -0.39 is 19.4 Å². The molecule has 0 bridgehead atoms. The highest BCUT2D eigenvalue weighted by atomic mass is 19.4. The Balaban J connectivity index is 2.06. The molecule has 82 valence electrons. The number of hydrogen-bond acceptors (Lipinski definition) is 2. The maximum absolute atomic E-state index is 12.1. The standard InChI is InChI=1S/C9H9BF3O2/c11-10(12,13)5-7-6-14-8-3-1-2-4-9(8)15-7/h1-4,7H,5-6H2/q-1/t7-/m1/s1. The third kappa shape index (κ3) is 2.58. The van der Waals surface area contributed by atoms with Crippen LogP contribution in [0.5, 0.6) is 11.5 Å². The van der Waals surface area contributed by atoms with Gasteiger partial charge in [-0.25, -0.2) is 0 Å². The molecule has 0 saturated heterocycles. The van der Waals surface area contributed by atoms with Crippen LogP contribution in [-0.4, -0.2) is 19.7 Å². The number of rotatable bonds is 2.